The summed E-state index contributed by atoms with van der Waals surface area (Å²) in [6.45, 7) is 8.00. The van der Waals surface area contributed by atoms with Gasteiger partial charge in [-0.3, -0.25) is 0 Å². The average molecular weight is 202 g/mol. The van der Waals surface area contributed by atoms with E-state index in [2.05, 4.69) is 30.0 Å². The van der Waals surface area contributed by atoms with E-state index in [4.69, 9.17) is 0 Å². The molecule has 0 fully saturated rings. The van der Waals surface area contributed by atoms with Crippen LogP contribution in [-0.2, 0) is 0 Å². The summed E-state index contributed by atoms with van der Waals surface area (Å²) in [6, 6.07) is 6.18. The van der Waals surface area contributed by atoms with E-state index in [9.17, 15) is 5.11 Å². The highest BCUT2D eigenvalue weighted by Gasteiger charge is 2.03. The molecule has 0 saturated heterocycles. The zero-order chi connectivity index (χ0) is 11.4. The molecule has 1 aromatic carbocycles. The highest BCUT2D eigenvalue weighted by molar-refractivity contribution is 5.43. The first kappa shape index (κ1) is 11.8. The molecule has 1 N–H and O–H groups in total. The number of benzene rings is 1. The summed E-state index contributed by atoms with van der Waals surface area (Å²) in [5.41, 5.74) is 3.36. The standard InChI is InChI=1S/C14H18O/c1-10(2)14(15)8-7-13-9-11(3)5-6-12(13)4/h5-6,9-10,14-15H,1-4H3. The van der Waals surface area contributed by atoms with Gasteiger partial charge in [-0.1, -0.05) is 37.8 Å². The molecule has 0 heterocycles. The Morgan fingerprint density at radius 1 is 1.20 bits per heavy atom. The smallest absolute Gasteiger partial charge is 0.117 e. The maximum absolute atomic E-state index is 9.57. The molecule has 80 valence electrons. The average Bonchev–Trinajstić information content (AvgIpc) is 2.18. The van der Waals surface area contributed by atoms with Crippen molar-refractivity contribution < 1.29 is 5.11 Å². The summed E-state index contributed by atoms with van der Waals surface area (Å²) in [4.78, 5) is 0. The molecule has 0 bridgehead atoms. The predicted octanol–water partition coefficient (Wildman–Crippen LogP) is 2.67. The van der Waals surface area contributed by atoms with Crippen molar-refractivity contribution in [2.75, 3.05) is 0 Å². The maximum atomic E-state index is 9.57. The van der Waals surface area contributed by atoms with Crippen molar-refractivity contribution in [2.45, 2.75) is 33.8 Å². The molecule has 0 radical (unpaired) electrons. The second-order valence-electron chi connectivity index (χ2n) is 4.28. The van der Waals surface area contributed by atoms with E-state index in [1.54, 1.807) is 0 Å². The third kappa shape index (κ3) is 3.42. The van der Waals surface area contributed by atoms with Crippen LogP contribution in [-0.4, -0.2) is 11.2 Å². The van der Waals surface area contributed by atoms with E-state index < -0.39 is 6.10 Å². The highest BCUT2D eigenvalue weighted by atomic mass is 16.3. The summed E-state index contributed by atoms with van der Waals surface area (Å²) < 4.78 is 0. The highest BCUT2D eigenvalue weighted by Crippen LogP contribution is 2.09. The molecular formula is C14H18O. The van der Waals surface area contributed by atoms with E-state index >= 15 is 0 Å². The zero-order valence-corrected chi connectivity index (χ0v) is 9.83. The lowest BCUT2D eigenvalue weighted by Crippen LogP contribution is -2.11. The van der Waals surface area contributed by atoms with Crippen LogP contribution in [0, 0.1) is 31.6 Å². The Labute approximate surface area is 92.1 Å². The first-order valence-corrected chi connectivity index (χ1v) is 5.27. The van der Waals surface area contributed by atoms with E-state index in [-0.39, 0.29) is 5.92 Å². The Morgan fingerprint density at radius 3 is 2.47 bits per heavy atom. The van der Waals surface area contributed by atoms with E-state index in [1.807, 2.05) is 27.7 Å². The van der Waals surface area contributed by atoms with Gasteiger partial charge in [0.2, 0.25) is 0 Å². The minimum absolute atomic E-state index is 0.183. The van der Waals surface area contributed by atoms with Crippen LogP contribution in [0.25, 0.3) is 0 Å². The van der Waals surface area contributed by atoms with Crippen LogP contribution in [0.4, 0.5) is 0 Å². The Hall–Kier alpha value is -1.26. The fourth-order valence-corrected chi connectivity index (χ4v) is 1.19. The van der Waals surface area contributed by atoms with Gasteiger partial charge in [0, 0.05) is 5.56 Å². The van der Waals surface area contributed by atoms with Crippen LogP contribution in [0.5, 0.6) is 0 Å². The van der Waals surface area contributed by atoms with Crippen molar-refractivity contribution in [1.82, 2.24) is 0 Å². The number of aliphatic hydroxyl groups is 1. The van der Waals surface area contributed by atoms with Crippen molar-refractivity contribution in [1.29, 1.82) is 0 Å². The van der Waals surface area contributed by atoms with Gasteiger partial charge in [0.1, 0.15) is 6.10 Å². The maximum Gasteiger partial charge on any atom is 0.117 e. The van der Waals surface area contributed by atoms with Gasteiger partial charge in [0.25, 0.3) is 0 Å². The quantitative estimate of drug-likeness (QED) is 0.694. The van der Waals surface area contributed by atoms with Gasteiger partial charge in [-0.25, -0.2) is 0 Å². The lowest BCUT2D eigenvalue weighted by Gasteiger charge is -2.06. The predicted molar refractivity (Wildman–Crippen MR) is 63.6 cm³/mol. The molecule has 1 heteroatoms. The number of hydrogen-bond donors (Lipinski definition) is 1. The van der Waals surface area contributed by atoms with Gasteiger partial charge in [0.15, 0.2) is 0 Å². The lowest BCUT2D eigenvalue weighted by atomic mass is 10.0. The van der Waals surface area contributed by atoms with Crippen LogP contribution in [0.15, 0.2) is 18.2 Å². The third-order valence-electron chi connectivity index (χ3n) is 2.38. The zero-order valence-electron chi connectivity index (χ0n) is 9.83. The molecule has 0 amide bonds. The molecule has 1 aromatic rings. The van der Waals surface area contributed by atoms with E-state index in [0.29, 0.717) is 0 Å². The van der Waals surface area contributed by atoms with Crippen molar-refractivity contribution in [3.05, 3.63) is 34.9 Å². The largest absolute Gasteiger partial charge is 0.380 e. The summed E-state index contributed by atoms with van der Waals surface area (Å²) in [5.74, 6) is 6.09. The van der Waals surface area contributed by atoms with Crippen LogP contribution >= 0.6 is 0 Å². The van der Waals surface area contributed by atoms with Crippen LogP contribution in [0.3, 0.4) is 0 Å². The molecule has 1 atom stereocenters. The number of hydrogen-bond acceptors (Lipinski definition) is 1. The van der Waals surface area contributed by atoms with Crippen LogP contribution < -0.4 is 0 Å². The monoisotopic (exact) mass is 202 g/mol. The fraction of sp³-hybridized carbons (Fsp3) is 0.429. The molecule has 1 unspecified atom stereocenters. The first-order chi connectivity index (χ1) is 7.00. The molecule has 0 spiro atoms. The summed E-state index contributed by atoms with van der Waals surface area (Å²) >= 11 is 0. The Morgan fingerprint density at radius 2 is 1.87 bits per heavy atom. The fourth-order valence-electron chi connectivity index (χ4n) is 1.19. The van der Waals surface area contributed by atoms with Crippen molar-refractivity contribution >= 4 is 0 Å². The molecule has 0 aliphatic rings. The van der Waals surface area contributed by atoms with Gasteiger partial charge in [-0.2, -0.15) is 0 Å². The molecular weight excluding hydrogens is 184 g/mol. The third-order valence-corrected chi connectivity index (χ3v) is 2.38. The number of aryl methyl sites for hydroxylation is 2. The summed E-state index contributed by atoms with van der Waals surface area (Å²) in [5, 5.41) is 9.57. The van der Waals surface area contributed by atoms with E-state index in [1.165, 1.54) is 5.56 Å². The van der Waals surface area contributed by atoms with Crippen molar-refractivity contribution in [3.63, 3.8) is 0 Å². The van der Waals surface area contributed by atoms with E-state index in [0.717, 1.165) is 11.1 Å². The number of rotatable bonds is 1. The lowest BCUT2D eigenvalue weighted by molar-refractivity contribution is 0.181. The van der Waals surface area contributed by atoms with Gasteiger partial charge >= 0.3 is 0 Å². The van der Waals surface area contributed by atoms with Crippen LogP contribution in [0.2, 0.25) is 0 Å². The molecule has 0 aliphatic carbocycles. The molecule has 1 nitrogen and oxygen atoms in total. The molecule has 0 saturated carbocycles. The second-order valence-corrected chi connectivity index (χ2v) is 4.28. The van der Waals surface area contributed by atoms with Gasteiger partial charge < -0.3 is 5.11 Å². The summed E-state index contributed by atoms with van der Waals surface area (Å²) in [7, 11) is 0. The first-order valence-electron chi connectivity index (χ1n) is 5.27. The molecule has 1 rings (SSSR count). The number of aliphatic hydroxyl groups excluding tert-OH is 1. The summed E-state index contributed by atoms with van der Waals surface area (Å²) in [6.07, 6.45) is -0.537. The van der Waals surface area contributed by atoms with Crippen molar-refractivity contribution in [2.24, 2.45) is 5.92 Å². The Bertz CT molecular complexity index is 394. The normalized spacial score (nSPS) is 12.1. The van der Waals surface area contributed by atoms with Gasteiger partial charge in [0.05, 0.1) is 0 Å². The van der Waals surface area contributed by atoms with Crippen molar-refractivity contribution in [3.8, 4) is 11.8 Å². The minimum atomic E-state index is -0.537. The van der Waals surface area contributed by atoms with Crippen LogP contribution in [0.1, 0.15) is 30.5 Å². The SMILES string of the molecule is Cc1ccc(C)c(C#CC(O)C(C)C)c1. The molecule has 0 aromatic heterocycles. The molecule has 15 heavy (non-hydrogen) atoms. The minimum Gasteiger partial charge on any atom is -0.380 e. The second kappa shape index (κ2) is 5.00. The Balaban J connectivity index is 2.93. The topological polar surface area (TPSA) is 20.2 Å². The van der Waals surface area contributed by atoms with Gasteiger partial charge in [-0.05, 0) is 37.0 Å². The molecule has 0 aliphatic heterocycles. The Kier molecular flexibility index (Phi) is 3.94. The van der Waals surface area contributed by atoms with Gasteiger partial charge in [-0.15, -0.1) is 0 Å².